The van der Waals surface area contributed by atoms with Crippen molar-refractivity contribution in [2.75, 3.05) is 6.54 Å². The summed E-state index contributed by atoms with van der Waals surface area (Å²) in [6.07, 6.45) is 1.69. The highest BCUT2D eigenvalue weighted by Crippen LogP contribution is 2.17. The molecule has 0 unspecified atom stereocenters. The number of benzene rings is 1. The smallest absolute Gasteiger partial charge is 0.320 e. The van der Waals surface area contributed by atoms with Crippen molar-refractivity contribution in [1.29, 1.82) is 0 Å². The van der Waals surface area contributed by atoms with Gasteiger partial charge in [-0.05, 0) is 32.3 Å². The lowest BCUT2D eigenvalue weighted by Crippen LogP contribution is -2.31. The van der Waals surface area contributed by atoms with Crippen molar-refractivity contribution < 1.29 is 9.53 Å². The van der Waals surface area contributed by atoms with E-state index in [0.717, 1.165) is 12.8 Å². The predicted molar refractivity (Wildman–Crippen MR) is 71.2 cm³/mol. The highest BCUT2D eigenvalue weighted by atomic mass is 35.5. The average molecular weight is 258 g/mol. The minimum Gasteiger partial charge on any atom is -0.459 e. The fourth-order valence-electron chi connectivity index (χ4n) is 1.49. The maximum Gasteiger partial charge on any atom is 0.320 e. The van der Waals surface area contributed by atoms with Gasteiger partial charge in [0.15, 0.2) is 0 Å². The molecular formula is C13H20ClNO2. The van der Waals surface area contributed by atoms with Gasteiger partial charge in [-0.15, -0.1) is 12.4 Å². The van der Waals surface area contributed by atoms with E-state index in [1.54, 1.807) is 0 Å². The Hall–Kier alpha value is -1.06. The standard InChI is InChI=1S/C13H19NO2.ClH/c1-13(2,16-12(15)10-14)9-8-11-6-4-3-5-7-11;/h3-7H,8-10,14H2,1-2H3;1H. The molecule has 1 aromatic carbocycles. The van der Waals surface area contributed by atoms with Crippen LogP contribution in [-0.2, 0) is 16.0 Å². The summed E-state index contributed by atoms with van der Waals surface area (Å²) >= 11 is 0. The lowest BCUT2D eigenvalue weighted by atomic mass is 9.98. The fourth-order valence-corrected chi connectivity index (χ4v) is 1.49. The number of ether oxygens (including phenoxy) is 1. The van der Waals surface area contributed by atoms with Crippen LogP contribution in [0.5, 0.6) is 0 Å². The highest BCUT2D eigenvalue weighted by Gasteiger charge is 2.21. The number of hydrogen-bond donors (Lipinski definition) is 1. The predicted octanol–water partition coefficient (Wildman–Crippen LogP) is 2.32. The first-order chi connectivity index (χ1) is 7.53. The van der Waals surface area contributed by atoms with Crippen LogP contribution in [0.25, 0.3) is 0 Å². The summed E-state index contributed by atoms with van der Waals surface area (Å²) in [6.45, 7) is 3.75. The number of esters is 1. The Labute approximate surface area is 109 Å². The van der Waals surface area contributed by atoms with E-state index in [4.69, 9.17) is 10.5 Å². The normalized spacial score (nSPS) is 10.5. The van der Waals surface area contributed by atoms with Gasteiger partial charge in [-0.3, -0.25) is 4.79 Å². The van der Waals surface area contributed by atoms with Crippen LogP contribution in [0.3, 0.4) is 0 Å². The van der Waals surface area contributed by atoms with E-state index in [1.807, 2.05) is 32.0 Å². The Morgan fingerprint density at radius 1 is 1.29 bits per heavy atom. The first kappa shape index (κ1) is 15.9. The molecule has 0 saturated carbocycles. The van der Waals surface area contributed by atoms with Crippen LogP contribution in [0.4, 0.5) is 0 Å². The van der Waals surface area contributed by atoms with Crippen LogP contribution in [0.2, 0.25) is 0 Å². The summed E-state index contributed by atoms with van der Waals surface area (Å²) in [5.74, 6) is -0.349. The van der Waals surface area contributed by atoms with Gasteiger partial charge in [0, 0.05) is 0 Å². The molecule has 2 N–H and O–H groups in total. The van der Waals surface area contributed by atoms with Crippen LogP contribution in [0.1, 0.15) is 25.8 Å². The number of carbonyl (C=O) groups is 1. The third kappa shape index (κ3) is 6.29. The Bertz CT molecular complexity index is 339. The molecule has 0 atom stereocenters. The molecule has 17 heavy (non-hydrogen) atoms. The highest BCUT2D eigenvalue weighted by molar-refractivity contribution is 5.85. The molecule has 0 aliphatic heterocycles. The van der Waals surface area contributed by atoms with Gasteiger partial charge in [0.05, 0.1) is 6.54 Å². The van der Waals surface area contributed by atoms with Crippen molar-refractivity contribution in [3.63, 3.8) is 0 Å². The molecule has 0 radical (unpaired) electrons. The van der Waals surface area contributed by atoms with Crippen LogP contribution in [-0.4, -0.2) is 18.1 Å². The first-order valence-electron chi connectivity index (χ1n) is 5.49. The summed E-state index contributed by atoms with van der Waals surface area (Å²) in [7, 11) is 0. The maximum absolute atomic E-state index is 11.1. The van der Waals surface area contributed by atoms with Crippen LogP contribution < -0.4 is 5.73 Å². The number of carbonyl (C=O) groups excluding carboxylic acids is 1. The first-order valence-corrected chi connectivity index (χ1v) is 5.49. The van der Waals surface area contributed by atoms with E-state index in [2.05, 4.69) is 12.1 Å². The number of rotatable bonds is 5. The van der Waals surface area contributed by atoms with E-state index in [9.17, 15) is 4.79 Å². The molecule has 1 rings (SSSR count). The minimum absolute atomic E-state index is 0. The lowest BCUT2D eigenvalue weighted by molar-refractivity contribution is -0.155. The van der Waals surface area contributed by atoms with Gasteiger partial charge in [-0.2, -0.15) is 0 Å². The van der Waals surface area contributed by atoms with Crippen LogP contribution >= 0.6 is 12.4 Å². The van der Waals surface area contributed by atoms with Gasteiger partial charge < -0.3 is 10.5 Å². The molecule has 0 bridgehead atoms. The molecule has 0 aliphatic carbocycles. The summed E-state index contributed by atoms with van der Waals surface area (Å²) < 4.78 is 5.24. The van der Waals surface area contributed by atoms with Crippen LogP contribution in [0.15, 0.2) is 30.3 Å². The average Bonchev–Trinajstić information content (AvgIpc) is 2.27. The molecule has 4 heteroatoms. The molecule has 0 saturated heterocycles. The van der Waals surface area contributed by atoms with E-state index >= 15 is 0 Å². The third-order valence-electron chi connectivity index (χ3n) is 2.42. The molecule has 0 amide bonds. The van der Waals surface area contributed by atoms with Crippen molar-refractivity contribution in [3.05, 3.63) is 35.9 Å². The second-order valence-electron chi connectivity index (χ2n) is 4.42. The van der Waals surface area contributed by atoms with E-state index < -0.39 is 5.60 Å². The van der Waals surface area contributed by atoms with Gasteiger partial charge in [0.1, 0.15) is 5.60 Å². The lowest BCUT2D eigenvalue weighted by Gasteiger charge is -2.24. The second kappa shape index (κ2) is 7.30. The maximum atomic E-state index is 11.1. The van der Waals surface area contributed by atoms with E-state index in [0.29, 0.717) is 0 Å². The van der Waals surface area contributed by atoms with Gasteiger partial charge in [-0.25, -0.2) is 0 Å². The molecule has 0 spiro atoms. The summed E-state index contributed by atoms with van der Waals surface area (Å²) in [5.41, 5.74) is 6.01. The van der Waals surface area contributed by atoms with E-state index in [1.165, 1.54) is 5.56 Å². The quantitative estimate of drug-likeness (QED) is 0.824. The van der Waals surface area contributed by atoms with Gasteiger partial charge >= 0.3 is 5.97 Å². The Balaban J connectivity index is 0.00000256. The largest absolute Gasteiger partial charge is 0.459 e. The summed E-state index contributed by atoms with van der Waals surface area (Å²) in [4.78, 5) is 11.1. The van der Waals surface area contributed by atoms with E-state index in [-0.39, 0.29) is 24.9 Å². The zero-order chi connectivity index (χ0) is 12.0. The van der Waals surface area contributed by atoms with Crippen molar-refractivity contribution in [3.8, 4) is 0 Å². The molecule has 0 fully saturated rings. The number of hydrogen-bond acceptors (Lipinski definition) is 3. The zero-order valence-electron chi connectivity index (χ0n) is 10.3. The zero-order valence-corrected chi connectivity index (χ0v) is 11.1. The topological polar surface area (TPSA) is 52.3 Å². The number of nitrogens with two attached hydrogens (primary N) is 1. The van der Waals surface area contributed by atoms with Gasteiger partial charge in [-0.1, -0.05) is 30.3 Å². The molecule has 0 heterocycles. The molecule has 0 aromatic heterocycles. The Morgan fingerprint density at radius 3 is 2.41 bits per heavy atom. The van der Waals surface area contributed by atoms with Gasteiger partial charge in [0.2, 0.25) is 0 Å². The van der Waals surface area contributed by atoms with Gasteiger partial charge in [0.25, 0.3) is 0 Å². The third-order valence-corrected chi connectivity index (χ3v) is 2.42. The fraction of sp³-hybridized carbons (Fsp3) is 0.462. The minimum atomic E-state index is -0.452. The molecule has 1 aromatic rings. The molecular weight excluding hydrogens is 238 g/mol. The second-order valence-corrected chi connectivity index (χ2v) is 4.42. The number of aryl methyl sites for hydroxylation is 1. The number of halogens is 1. The molecule has 3 nitrogen and oxygen atoms in total. The SMILES string of the molecule is CC(C)(CCc1ccccc1)OC(=O)CN.Cl. The Morgan fingerprint density at radius 2 is 1.88 bits per heavy atom. The van der Waals surface area contributed by atoms with Crippen molar-refractivity contribution >= 4 is 18.4 Å². The summed E-state index contributed by atoms with van der Waals surface area (Å²) in [6, 6.07) is 10.1. The molecule has 0 aliphatic rings. The van der Waals surface area contributed by atoms with Crippen LogP contribution in [0, 0.1) is 0 Å². The van der Waals surface area contributed by atoms with Crippen molar-refractivity contribution in [2.45, 2.75) is 32.3 Å². The van der Waals surface area contributed by atoms with Crippen molar-refractivity contribution in [2.24, 2.45) is 5.73 Å². The monoisotopic (exact) mass is 257 g/mol. The molecule has 96 valence electrons. The van der Waals surface area contributed by atoms with Crippen molar-refractivity contribution in [1.82, 2.24) is 0 Å². The Kier molecular flexibility index (Phi) is 6.85. The summed E-state index contributed by atoms with van der Waals surface area (Å²) in [5, 5.41) is 0.